The number of aromatic hydroxyl groups is 1. The van der Waals surface area contributed by atoms with Crippen molar-refractivity contribution in [3.63, 3.8) is 0 Å². The van der Waals surface area contributed by atoms with Gasteiger partial charge in [-0.2, -0.15) is 0 Å². The highest BCUT2D eigenvalue weighted by molar-refractivity contribution is 8.13. The van der Waals surface area contributed by atoms with Crippen molar-refractivity contribution in [3.8, 4) is 5.75 Å². The maximum Gasteiger partial charge on any atom is 0.236 e. The van der Waals surface area contributed by atoms with Crippen molar-refractivity contribution in [3.05, 3.63) is 28.3 Å². The van der Waals surface area contributed by atoms with Gasteiger partial charge in [-0.05, 0) is 23.6 Å². The Morgan fingerprint density at radius 1 is 1.38 bits per heavy atom. The number of phenolic OH excluding ortho intramolecular Hbond substituents is 1. The first-order valence-electron chi connectivity index (χ1n) is 4.64. The fourth-order valence-electron chi connectivity index (χ4n) is 1.36. The molecule has 1 N–H and O–H groups in total. The molecule has 0 atom stereocenters. The molecule has 0 saturated heterocycles. The molecule has 3 nitrogen and oxygen atoms in total. The minimum Gasteiger partial charge on any atom is -0.508 e. The first kappa shape index (κ1) is 13.6. The molecule has 0 spiro atoms. The molecule has 0 heterocycles. The van der Waals surface area contributed by atoms with Gasteiger partial charge in [0, 0.05) is 21.3 Å². The highest BCUT2D eigenvalue weighted by atomic mass is 35.7. The average Bonchev–Trinajstić information content (AvgIpc) is 2.07. The monoisotopic (exact) mass is 282 g/mol. The summed E-state index contributed by atoms with van der Waals surface area (Å²) in [5, 5.41) is 10.1. The van der Waals surface area contributed by atoms with Crippen molar-refractivity contribution >= 4 is 31.3 Å². The zero-order valence-electron chi connectivity index (χ0n) is 8.87. The van der Waals surface area contributed by atoms with Crippen LogP contribution < -0.4 is 0 Å². The topological polar surface area (TPSA) is 54.4 Å². The number of phenols is 1. The van der Waals surface area contributed by atoms with E-state index in [2.05, 4.69) is 0 Å². The molecule has 90 valence electrons. The molecule has 16 heavy (non-hydrogen) atoms. The van der Waals surface area contributed by atoms with E-state index < -0.39 is 14.8 Å². The highest BCUT2D eigenvalue weighted by Gasteiger charge is 2.15. The Morgan fingerprint density at radius 3 is 2.38 bits per heavy atom. The zero-order chi connectivity index (χ0) is 12.5. The van der Waals surface area contributed by atoms with Crippen molar-refractivity contribution in [2.45, 2.75) is 25.5 Å². The smallest absolute Gasteiger partial charge is 0.236 e. The van der Waals surface area contributed by atoms with E-state index in [-0.39, 0.29) is 17.2 Å². The van der Waals surface area contributed by atoms with Gasteiger partial charge in [0.1, 0.15) is 5.75 Å². The molecular weight excluding hydrogens is 271 g/mol. The molecule has 1 rings (SSSR count). The van der Waals surface area contributed by atoms with Crippen molar-refractivity contribution in [2.75, 3.05) is 0 Å². The van der Waals surface area contributed by atoms with Gasteiger partial charge < -0.3 is 5.11 Å². The molecule has 0 bridgehead atoms. The van der Waals surface area contributed by atoms with Crippen LogP contribution in [0.5, 0.6) is 5.75 Å². The summed E-state index contributed by atoms with van der Waals surface area (Å²) in [5.41, 5.74) is 0.985. The molecule has 0 aliphatic heterocycles. The van der Waals surface area contributed by atoms with Gasteiger partial charge >= 0.3 is 0 Å². The van der Waals surface area contributed by atoms with Gasteiger partial charge in [0.05, 0.1) is 5.75 Å². The predicted molar refractivity (Wildman–Crippen MR) is 65.7 cm³/mol. The van der Waals surface area contributed by atoms with Crippen LogP contribution >= 0.6 is 22.3 Å². The summed E-state index contributed by atoms with van der Waals surface area (Å²) in [6.07, 6.45) is 0. The first-order valence-corrected chi connectivity index (χ1v) is 7.50. The number of hydrogen-bond acceptors (Lipinski definition) is 3. The van der Waals surface area contributed by atoms with Crippen LogP contribution in [0.3, 0.4) is 0 Å². The van der Waals surface area contributed by atoms with E-state index in [0.29, 0.717) is 5.02 Å². The summed E-state index contributed by atoms with van der Waals surface area (Å²) in [6, 6.07) is 2.91. The lowest BCUT2D eigenvalue weighted by Gasteiger charge is -2.11. The zero-order valence-corrected chi connectivity index (χ0v) is 11.2. The standard InChI is InChI=1S/C10H12Cl2O3S/c1-6(2)8-4-10(13)7(3-9(8)11)5-16(12,14)15/h3-4,6,13H,5H2,1-2H3. The number of halogens is 2. The summed E-state index contributed by atoms with van der Waals surface area (Å²) in [5.74, 6) is -0.379. The Kier molecular flexibility index (Phi) is 4.10. The second-order valence-corrected chi connectivity index (χ2v) is 7.02. The van der Waals surface area contributed by atoms with Gasteiger partial charge in [0.2, 0.25) is 9.05 Å². The van der Waals surface area contributed by atoms with Crippen LogP contribution in [0.4, 0.5) is 0 Å². The Bertz CT molecular complexity index is 495. The molecular formula is C10H12Cl2O3S. The Hall–Kier alpha value is -0.450. The van der Waals surface area contributed by atoms with Crippen LogP contribution in [-0.2, 0) is 14.8 Å². The molecule has 1 aromatic rings. The largest absolute Gasteiger partial charge is 0.508 e. The minimum atomic E-state index is -3.70. The lowest BCUT2D eigenvalue weighted by Crippen LogP contribution is -1.98. The van der Waals surface area contributed by atoms with Crippen molar-refractivity contribution in [1.29, 1.82) is 0 Å². The Labute approximate surface area is 104 Å². The molecule has 6 heteroatoms. The lowest BCUT2D eigenvalue weighted by molar-refractivity contribution is 0.468. The van der Waals surface area contributed by atoms with Gasteiger partial charge in [-0.1, -0.05) is 25.4 Å². The second-order valence-electron chi connectivity index (χ2n) is 3.84. The lowest BCUT2D eigenvalue weighted by atomic mass is 10.0. The molecule has 1 aromatic carbocycles. The molecule has 0 aromatic heterocycles. The number of benzene rings is 1. The molecule has 0 aliphatic rings. The summed E-state index contributed by atoms with van der Waals surface area (Å²) in [7, 11) is 1.42. The number of rotatable bonds is 3. The van der Waals surface area contributed by atoms with Crippen LogP contribution in [0.1, 0.15) is 30.9 Å². The van der Waals surface area contributed by atoms with Crippen LogP contribution in [0.25, 0.3) is 0 Å². The molecule has 0 unspecified atom stereocenters. The van der Waals surface area contributed by atoms with Crippen molar-refractivity contribution in [1.82, 2.24) is 0 Å². The molecule has 0 radical (unpaired) electrons. The first-order chi connectivity index (χ1) is 7.20. The summed E-state index contributed by atoms with van der Waals surface area (Å²) >= 11 is 5.98. The van der Waals surface area contributed by atoms with E-state index >= 15 is 0 Å². The van der Waals surface area contributed by atoms with E-state index in [4.69, 9.17) is 22.3 Å². The summed E-state index contributed by atoms with van der Waals surface area (Å²) in [6.45, 7) is 3.86. The van der Waals surface area contributed by atoms with E-state index in [1.165, 1.54) is 12.1 Å². The molecule has 0 saturated carbocycles. The fraction of sp³-hybridized carbons (Fsp3) is 0.400. The van der Waals surface area contributed by atoms with Gasteiger partial charge in [0.15, 0.2) is 0 Å². The molecule has 0 aliphatic carbocycles. The third-order valence-corrected chi connectivity index (χ3v) is 3.46. The van der Waals surface area contributed by atoms with Gasteiger partial charge in [-0.15, -0.1) is 0 Å². The minimum absolute atomic E-state index is 0.0997. The van der Waals surface area contributed by atoms with E-state index in [1.807, 2.05) is 13.8 Å². The van der Waals surface area contributed by atoms with Crippen LogP contribution in [0, 0.1) is 0 Å². The Balaban J connectivity index is 3.21. The van der Waals surface area contributed by atoms with Crippen LogP contribution in [-0.4, -0.2) is 13.5 Å². The van der Waals surface area contributed by atoms with Gasteiger partial charge in [-0.3, -0.25) is 0 Å². The summed E-state index contributed by atoms with van der Waals surface area (Å²) in [4.78, 5) is 0. The van der Waals surface area contributed by atoms with E-state index in [0.717, 1.165) is 5.56 Å². The predicted octanol–water partition coefficient (Wildman–Crippen LogP) is 3.24. The van der Waals surface area contributed by atoms with Crippen LogP contribution in [0.15, 0.2) is 12.1 Å². The molecule has 0 fully saturated rings. The quantitative estimate of drug-likeness (QED) is 0.866. The Morgan fingerprint density at radius 2 is 1.94 bits per heavy atom. The fourth-order valence-corrected chi connectivity index (χ4v) is 2.72. The maximum atomic E-state index is 10.9. The second kappa shape index (κ2) is 4.82. The van der Waals surface area contributed by atoms with E-state index in [9.17, 15) is 13.5 Å². The summed E-state index contributed by atoms with van der Waals surface area (Å²) < 4.78 is 21.8. The van der Waals surface area contributed by atoms with E-state index in [1.54, 1.807) is 0 Å². The highest BCUT2D eigenvalue weighted by Crippen LogP contribution is 2.32. The average molecular weight is 283 g/mol. The normalized spacial score (nSPS) is 12.1. The van der Waals surface area contributed by atoms with Gasteiger partial charge in [0.25, 0.3) is 0 Å². The molecule has 0 amide bonds. The van der Waals surface area contributed by atoms with Gasteiger partial charge in [-0.25, -0.2) is 8.42 Å². The number of hydrogen-bond donors (Lipinski definition) is 1. The third kappa shape index (κ3) is 3.54. The van der Waals surface area contributed by atoms with Crippen molar-refractivity contribution < 1.29 is 13.5 Å². The van der Waals surface area contributed by atoms with Crippen molar-refractivity contribution in [2.24, 2.45) is 0 Å². The van der Waals surface area contributed by atoms with Crippen LogP contribution in [0.2, 0.25) is 5.02 Å². The maximum absolute atomic E-state index is 10.9. The third-order valence-electron chi connectivity index (χ3n) is 2.15. The SMILES string of the molecule is CC(C)c1cc(O)c(CS(=O)(=O)Cl)cc1Cl.